The summed E-state index contributed by atoms with van der Waals surface area (Å²) in [5.41, 5.74) is -1.03. The molecule has 0 aromatic rings. The van der Waals surface area contributed by atoms with Gasteiger partial charge in [0.1, 0.15) is 31.0 Å². The van der Waals surface area contributed by atoms with Crippen molar-refractivity contribution in [2.45, 2.75) is 97.9 Å². The molecule has 2 heterocycles. The van der Waals surface area contributed by atoms with Gasteiger partial charge in [-0.05, 0) is 49.4 Å². The third-order valence-corrected chi connectivity index (χ3v) is 9.92. The summed E-state index contributed by atoms with van der Waals surface area (Å²) in [6.07, 6.45) is 4.53. The maximum Gasteiger partial charge on any atom is 0.331 e. The van der Waals surface area contributed by atoms with E-state index in [2.05, 4.69) is 13.8 Å². The highest BCUT2D eigenvalue weighted by molar-refractivity contribution is 5.85. The van der Waals surface area contributed by atoms with Gasteiger partial charge < -0.3 is 23.7 Å². The Kier molecular flexibility index (Phi) is 7.99. The average molecular weight is 535 g/mol. The maximum absolute atomic E-state index is 12.9. The summed E-state index contributed by atoms with van der Waals surface area (Å²) in [5, 5.41) is 0. The molecule has 0 radical (unpaired) electrons. The number of cyclic esters (lactones) is 1. The third-order valence-electron chi connectivity index (χ3n) is 9.92. The van der Waals surface area contributed by atoms with Gasteiger partial charge in [0, 0.05) is 25.5 Å². The summed E-state index contributed by atoms with van der Waals surface area (Å²) in [7, 11) is 0. The smallest absolute Gasteiger partial charge is 0.331 e. The van der Waals surface area contributed by atoms with Gasteiger partial charge in [0.25, 0.3) is 0 Å². The number of rotatable bonds is 9. The van der Waals surface area contributed by atoms with E-state index in [1.165, 1.54) is 19.9 Å². The molecule has 0 amide bonds. The van der Waals surface area contributed by atoms with Crippen molar-refractivity contribution in [2.75, 3.05) is 19.8 Å². The standard InChI is InChI=1S/C29H42O9/c1-7-17(2)26(33)38-22(21-12-25(32)34-14-21)13-27(6)18(3)11-24(37-20(5)31)29(16-35-19(4)30)23(27)9-8-10-28(29)15-36-28/h12,17-18,22-24H,7-11,13-16H2,1-6H3/t17?,18-,22+,23-,24+,27+,28+,29+/m1/s1. The third kappa shape index (κ3) is 4.98. The van der Waals surface area contributed by atoms with Crippen LogP contribution in [0.5, 0.6) is 0 Å². The molecule has 0 aromatic heterocycles. The van der Waals surface area contributed by atoms with Crippen molar-refractivity contribution in [2.24, 2.45) is 28.6 Å². The predicted octanol–water partition coefficient (Wildman–Crippen LogP) is 3.91. The van der Waals surface area contributed by atoms with Gasteiger partial charge in [0.15, 0.2) is 0 Å². The van der Waals surface area contributed by atoms with Crippen molar-refractivity contribution in [1.82, 2.24) is 0 Å². The Morgan fingerprint density at radius 2 is 1.92 bits per heavy atom. The number of epoxide rings is 1. The Morgan fingerprint density at radius 1 is 1.21 bits per heavy atom. The first kappa shape index (κ1) is 28.6. The molecule has 1 spiro atoms. The summed E-state index contributed by atoms with van der Waals surface area (Å²) in [6.45, 7) is 11.6. The summed E-state index contributed by atoms with van der Waals surface area (Å²) < 4.78 is 29.2. The molecule has 38 heavy (non-hydrogen) atoms. The molecule has 0 bridgehead atoms. The zero-order valence-electron chi connectivity index (χ0n) is 23.5. The zero-order chi connectivity index (χ0) is 27.9. The molecular formula is C29H42O9. The summed E-state index contributed by atoms with van der Waals surface area (Å²) in [6, 6.07) is 0. The normalized spacial score (nSPS) is 37.4. The molecule has 1 saturated heterocycles. The molecule has 0 N–H and O–H groups in total. The Labute approximate surface area is 224 Å². The highest BCUT2D eigenvalue weighted by Gasteiger charge is 2.75. The van der Waals surface area contributed by atoms with Gasteiger partial charge in [-0.1, -0.05) is 34.1 Å². The van der Waals surface area contributed by atoms with Crippen LogP contribution in [-0.4, -0.2) is 61.5 Å². The summed E-state index contributed by atoms with van der Waals surface area (Å²) in [5.74, 6) is -1.77. The van der Waals surface area contributed by atoms with Crippen molar-refractivity contribution >= 4 is 23.9 Å². The minimum atomic E-state index is -0.731. The highest BCUT2D eigenvalue weighted by Crippen LogP contribution is 2.69. The molecule has 4 aliphatic rings. The molecule has 2 aliphatic carbocycles. The van der Waals surface area contributed by atoms with Gasteiger partial charge >= 0.3 is 23.9 Å². The lowest BCUT2D eigenvalue weighted by atomic mass is 9.42. The first-order valence-corrected chi connectivity index (χ1v) is 13.9. The van der Waals surface area contributed by atoms with Crippen molar-refractivity contribution < 1.29 is 42.9 Å². The molecule has 212 valence electrons. The monoisotopic (exact) mass is 534 g/mol. The van der Waals surface area contributed by atoms with E-state index in [1.807, 2.05) is 13.8 Å². The van der Waals surface area contributed by atoms with Crippen LogP contribution in [0.2, 0.25) is 0 Å². The van der Waals surface area contributed by atoms with E-state index in [4.69, 9.17) is 23.7 Å². The van der Waals surface area contributed by atoms with E-state index in [0.717, 1.165) is 19.3 Å². The lowest BCUT2D eigenvalue weighted by Crippen LogP contribution is -2.67. The molecule has 9 heteroatoms. The van der Waals surface area contributed by atoms with Crippen molar-refractivity contribution in [1.29, 1.82) is 0 Å². The van der Waals surface area contributed by atoms with Crippen LogP contribution in [0.25, 0.3) is 0 Å². The van der Waals surface area contributed by atoms with E-state index >= 15 is 0 Å². The molecule has 4 rings (SSSR count). The second kappa shape index (κ2) is 10.6. The molecule has 0 aromatic carbocycles. The number of esters is 4. The first-order valence-electron chi connectivity index (χ1n) is 13.9. The van der Waals surface area contributed by atoms with Gasteiger partial charge in [-0.15, -0.1) is 0 Å². The lowest BCUT2D eigenvalue weighted by Gasteiger charge is -2.63. The molecule has 3 fully saturated rings. The number of hydrogen-bond donors (Lipinski definition) is 0. The second-order valence-corrected chi connectivity index (χ2v) is 12.1. The Hall–Kier alpha value is -2.42. The molecular weight excluding hydrogens is 492 g/mol. The zero-order valence-corrected chi connectivity index (χ0v) is 23.5. The predicted molar refractivity (Wildman–Crippen MR) is 136 cm³/mol. The fourth-order valence-electron chi connectivity index (χ4n) is 7.37. The van der Waals surface area contributed by atoms with Crippen LogP contribution < -0.4 is 0 Å². The minimum Gasteiger partial charge on any atom is -0.465 e. The Bertz CT molecular complexity index is 998. The Morgan fingerprint density at radius 3 is 2.47 bits per heavy atom. The SMILES string of the molecule is CCC(C)C(=O)O[C@@H](C[C@@]1(C)[C@H](C)C[C@H](OC(C)=O)[C@]2(COC(C)=O)[C@@H]1CCC[C@]21CO1)C1=CC(=O)OC1. The fraction of sp³-hybridized carbons (Fsp3) is 0.793. The molecule has 1 unspecified atom stereocenters. The van der Waals surface area contributed by atoms with Crippen LogP contribution in [0.4, 0.5) is 0 Å². The van der Waals surface area contributed by atoms with E-state index in [-0.39, 0.29) is 42.9 Å². The molecule has 8 atom stereocenters. The van der Waals surface area contributed by atoms with Gasteiger partial charge in [0.05, 0.1) is 17.9 Å². The van der Waals surface area contributed by atoms with E-state index in [1.54, 1.807) is 0 Å². The van der Waals surface area contributed by atoms with Crippen LogP contribution in [0.1, 0.15) is 80.1 Å². The summed E-state index contributed by atoms with van der Waals surface area (Å²) in [4.78, 5) is 49.3. The molecule has 2 saturated carbocycles. The van der Waals surface area contributed by atoms with E-state index in [9.17, 15) is 19.2 Å². The van der Waals surface area contributed by atoms with Crippen molar-refractivity contribution in [3.05, 3.63) is 11.6 Å². The number of hydrogen-bond acceptors (Lipinski definition) is 9. The number of ether oxygens (including phenoxy) is 5. The average Bonchev–Trinajstić information content (AvgIpc) is 3.50. The number of fused-ring (bicyclic) bond motifs is 2. The van der Waals surface area contributed by atoms with E-state index in [0.29, 0.717) is 31.4 Å². The van der Waals surface area contributed by atoms with Gasteiger partial charge in [-0.2, -0.15) is 0 Å². The number of carbonyl (C=O) groups is 4. The number of carbonyl (C=O) groups excluding carboxylic acids is 4. The van der Waals surface area contributed by atoms with Crippen molar-refractivity contribution in [3.63, 3.8) is 0 Å². The maximum atomic E-state index is 12.9. The van der Waals surface area contributed by atoms with Crippen LogP contribution in [0.15, 0.2) is 11.6 Å². The second-order valence-electron chi connectivity index (χ2n) is 12.1. The summed E-state index contributed by atoms with van der Waals surface area (Å²) >= 11 is 0. The molecule has 9 nitrogen and oxygen atoms in total. The fourth-order valence-corrected chi connectivity index (χ4v) is 7.37. The van der Waals surface area contributed by atoms with Crippen LogP contribution >= 0.6 is 0 Å². The highest BCUT2D eigenvalue weighted by atomic mass is 16.6. The van der Waals surface area contributed by atoms with Crippen LogP contribution in [0, 0.1) is 28.6 Å². The van der Waals surface area contributed by atoms with Crippen LogP contribution in [0.3, 0.4) is 0 Å². The molecule has 2 aliphatic heterocycles. The largest absolute Gasteiger partial charge is 0.465 e. The van der Waals surface area contributed by atoms with Crippen LogP contribution in [-0.2, 0) is 42.9 Å². The quantitative estimate of drug-likeness (QED) is 0.246. The van der Waals surface area contributed by atoms with Crippen molar-refractivity contribution in [3.8, 4) is 0 Å². The lowest BCUT2D eigenvalue weighted by molar-refractivity contribution is -0.232. The van der Waals surface area contributed by atoms with Gasteiger partial charge in [0.2, 0.25) is 0 Å². The Balaban J connectivity index is 1.76. The van der Waals surface area contributed by atoms with Gasteiger partial charge in [-0.25, -0.2) is 4.79 Å². The van der Waals surface area contributed by atoms with Gasteiger partial charge in [-0.3, -0.25) is 14.4 Å². The first-order chi connectivity index (χ1) is 17.9. The minimum absolute atomic E-state index is 0.0536. The van der Waals surface area contributed by atoms with E-state index < -0.39 is 40.6 Å². The topological polar surface area (TPSA) is 118 Å².